The first-order valence-electron chi connectivity index (χ1n) is 11.0. The van der Waals surface area contributed by atoms with Crippen molar-refractivity contribution >= 4 is 29.3 Å². The van der Waals surface area contributed by atoms with Gasteiger partial charge in [-0.3, -0.25) is 19.3 Å². The van der Waals surface area contributed by atoms with Crippen molar-refractivity contribution in [1.29, 1.82) is 0 Å². The molecule has 0 radical (unpaired) electrons. The van der Waals surface area contributed by atoms with Crippen molar-refractivity contribution in [1.82, 2.24) is 0 Å². The van der Waals surface area contributed by atoms with Crippen LogP contribution in [0.4, 0.5) is 5.69 Å². The predicted molar refractivity (Wildman–Crippen MR) is 115 cm³/mol. The molecule has 160 valence electrons. The fourth-order valence-electron chi connectivity index (χ4n) is 5.88. The van der Waals surface area contributed by atoms with E-state index in [1.807, 2.05) is 0 Å². The molecule has 2 amide bonds. The molecule has 2 aromatic rings. The molecule has 2 aromatic carbocycles. The molecule has 6 nitrogen and oxygen atoms in total. The van der Waals surface area contributed by atoms with Gasteiger partial charge in [-0.25, -0.2) is 4.79 Å². The van der Waals surface area contributed by atoms with Crippen LogP contribution in [0.3, 0.4) is 0 Å². The number of imide groups is 1. The molecule has 4 aliphatic carbocycles. The maximum absolute atomic E-state index is 13.2. The summed E-state index contributed by atoms with van der Waals surface area (Å²) in [4.78, 5) is 52.1. The molecule has 2 bridgehead atoms. The van der Waals surface area contributed by atoms with Gasteiger partial charge in [0.05, 0.1) is 23.1 Å². The van der Waals surface area contributed by atoms with Gasteiger partial charge in [0.25, 0.3) is 0 Å². The molecular weight excluding hydrogens is 406 g/mol. The average molecular weight is 427 g/mol. The molecule has 0 unspecified atom stereocenters. The van der Waals surface area contributed by atoms with E-state index in [1.165, 1.54) is 17.0 Å². The second-order valence-corrected chi connectivity index (χ2v) is 9.08. The van der Waals surface area contributed by atoms with Gasteiger partial charge in [0, 0.05) is 5.56 Å². The van der Waals surface area contributed by atoms with Gasteiger partial charge in [0.2, 0.25) is 11.8 Å². The number of carbonyl (C=O) groups excluding carboxylic acids is 4. The topological polar surface area (TPSA) is 80.8 Å². The molecular formula is C26H21NO5. The van der Waals surface area contributed by atoms with Crippen LogP contribution in [0.25, 0.3) is 0 Å². The second-order valence-electron chi connectivity index (χ2n) is 9.08. The molecule has 2 saturated carbocycles. The van der Waals surface area contributed by atoms with E-state index in [2.05, 4.69) is 12.2 Å². The number of anilines is 1. The van der Waals surface area contributed by atoms with E-state index in [0.717, 1.165) is 6.42 Å². The third kappa shape index (κ3) is 2.79. The highest BCUT2D eigenvalue weighted by Gasteiger charge is 2.67. The summed E-state index contributed by atoms with van der Waals surface area (Å²) in [6.45, 7) is -0.352. The first-order valence-corrected chi connectivity index (χ1v) is 11.0. The van der Waals surface area contributed by atoms with Gasteiger partial charge in [0.1, 0.15) is 0 Å². The van der Waals surface area contributed by atoms with Gasteiger partial charge >= 0.3 is 5.97 Å². The molecule has 0 aromatic heterocycles. The Labute approximate surface area is 184 Å². The normalized spacial score (nSPS) is 31.3. The highest BCUT2D eigenvalue weighted by atomic mass is 16.5. The molecule has 0 N–H and O–H groups in total. The lowest BCUT2D eigenvalue weighted by atomic mass is 9.63. The largest absolute Gasteiger partial charge is 0.454 e. The van der Waals surface area contributed by atoms with Gasteiger partial charge < -0.3 is 4.74 Å². The van der Waals surface area contributed by atoms with Crippen LogP contribution in [-0.2, 0) is 14.3 Å². The SMILES string of the molecule is O=C(COC(=O)c1ccc(N2C(=O)[C@H]3[C@@H]4C=C[C@H]([C@H]5C[C@H]45)[C@@H]3C2=O)cc1)c1ccccc1. The van der Waals surface area contributed by atoms with Crippen LogP contribution in [0.1, 0.15) is 27.1 Å². The van der Waals surface area contributed by atoms with E-state index in [9.17, 15) is 19.2 Å². The molecule has 5 aliphatic rings. The summed E-state index contributed by atoms with van der Waals surface area (Å²) in [5.74, 6) is -0.228. The molecule has 1 aliphatic heterocycles. The number of nitrogens with zero attached hydrogens (tertiary/aromatic N) is 1. The second kappa shape index (κ2) is 6.99. The number of benzene rings is 2. The van der Waals surface area contributed by atoms with E-state index < -0.39 is 5.97 Å². The number of amides is 2. The number of ketones is 1. The summed E-state index contributed by atoms with van der Waals surface area (Å²) >= 11 is 0. The summed E-state index contributed by atoms with van der Waals surface area (Å²) in [5, 5.41) is 0. The lowest BCUT2D eigenvalue weighted by molar-refractivity contribution is -0.124. The van der Waals surface area contributed by atoms with Gasteiger partial charge in [-0.05, 0) is 54.4 Å². The van der Waals surface area contributed by atoms with Gasteiger partial charge in [0.15, 0.2) is 12.4 Å². The summed E-state index contributed by atoms with van der Waals surface area (Å²) < 4.78 is 5.14. The van der Waals surface area contributed by atoms with E-state index in [0.29, 0.717) is 23.1 Å². The molecule has 7 rings (SSSR count). The Morgan fingerprint density at radius 1 is 0.812 bits per heavy atom. The zero-order valence-electron chi connectivity index (χ0n) is 17.2. The highest BCUT2D eigenvalue weighted by molar-refractivity contribution is 6.22. The molecule has 32 heavy (non-hydrogen) atoms. The number of esters is 1. The van der Waals surface area contributed by atoms with E-state index >= 15 is 0 Å². The van der Waals surface area contributed by atoms with Crippen molar-refractivity contribution in [3.8, 4) is 0 Å². The van der Waals surface area contributed by atoms with Crippen LogP contribution >= 0.6 is 0 Å². The van der Waals surface area contributed by atoms with Crippen molar-refractivity contribution in [3.05, 3.63) is 77.9 Å². The van der Waals surface area contributed by atoms with Gasteiger partial charge in [-0.2, -0.15) is 0 Å². The Morgan fingerprint density at radius 2 is 1.41 bits per heavy atom. The summed E-state index contributed by atoms with van der Waals surface area (Å²) in [7, 11) is 0. The predicted octanol–water partition coefficient (Wildman–Crippen LogP) is 3.28. The minimum absolute atomic E-state index is 0.131. The fourth-order valence-corrected chi connectivity index (χ4v) is 5.88. The maximum Gasteiger partial charge on any atom is 0.338 e. The van der Waals surface area contributed by atoms with E-state index in [1.54, 1.807) is 42.5 Å². The Kier molecular flexibility index (Phi) is 4.18. The standard InChI is InChI=1S/C26H21NO5/c28-21(14-4-2-1-3-5-14)13-32-26(31)15-6-8-16(9-7-15)27-24(29)22-17-10-11-18(20-12-19(17)20)23(22)25(27)30/h1-11,17-20,22-23H,12-13H2/t17-,18-,19-,20-,22+,23+/m1/s1. The van der Waals surface area contributed by atoms with Gasteiger partial charge in [-0.1, -0.05) is 42.5 Å². The lowest BCUT2D eigenvalue weighted by Gasteiger charge is -2.37. The quantitative estimate of drug-likeness (QED) is 0.317. The van der Waals surface area contributed by atoms with Crippen LogP contribution in [-0.4, -0.2) is 30.2 Å². The monoisotopic (exact) mass is 427 g/mol. The summed E-state index contributed by atoms with van der Waals surface area (Å²) in [6.07, 6.45) is 5.41. The molecule has 1 heterocycles. The third-order valence-electron chi connectivity index (χ3n) is 7.45. The zero-order valence-corrected chi connectivity index (χ0v) is 17.2. The number of carbonyl (C=O) groups is 4. The number of ether oxygens (including phenoxy) is 1. The maximum atomic E-state index is 13.2. The minimum atomic E-state index is -0.629. The van der Waals surface area contributed by atoms with Crippen LogP contribution < -0.4 is 4.90 Å². The van der Waals surface area contributed by atoms with Crippen LogP contribution in [0.2, 0.25) is 0 Å². The zero-order chi connectivity index (χ0) is 22.0. The van der Waals surface area contributed by atoms with Crippen molar-refractivity contribution < 1.29 is 23.9 Å². The molecule has 0 spiro atoms. The van der Waals surface area contributed by atoms with E-state index in [-0.39, 0.29) is 53.4 Å². The lowest BCUT2D eigenvalue weighted by Crippen LogP contribution is -2.40. The summed E-state index contributed by atoms with van der Waals surface area (Å²) in [6, 6.07) is 14.9. The van der Waals surface area contributed by atoms with Crippen molar-refractivity contribution in [2.45, 2.75) is 6.42 Å². The van der Waals surface area contributed by atoms with Crippen molar-refractivity contribution in [2.75, 3.05) is 11.5 Å². The van der Waals surface area contributed by atoms with Crippen LogP contribution in [0.15, 0.2) is 66.7 Å². The van der Waals surface area contributed by atoms with Gasteiger partial charge in [-0.15, -0.1) is 0 Å². The number of hydrogen-bond donors (Lipinski definition) is 0. The smallest absolute Gasteiger partial charge is 0.338 e. The highest BCUT2D eigenvalue weighted by Crippen LogP contribution is 2.65. The molecule has 6 heteroatoms. The Morgan fingerprint density at radius 3 is 2.00 bits per heavy atom. The van der Waals surface area contributed by atoms with E-state index in [4.69, 9.17) is 4.74 Å². The number of allylic oxidation sites excluding steroid dienone is 2. The van der Waals surface area contributed by atoms with Crippen molar-refractivity contribution in [3.63, 3.8) is 0 Å². The average Bonchev–Trinajstić information content (AvgIpc) is 3.61. The van der Waals surface area contributed by atoms with Crippen LogP contribution in [0, 0.1) is 35.5 Å². The molecule has 6 atom stereocenters. The molecule has 1 saturated heterocycles. The Balaban J connectivity index is 1.15. The Bertz CT molecular complexity index is 1130. The first-order chi connectivity index (χ1) is 15.5. The van der Waals surface area contributed by atoms with Crippen molar-refractivity contribution in [2.24, 2.45) is 35.5 Å². The number of rotatable bonds is 5. The molecule has 3 fully saturated rings. The minimum Gasteiger partial charge on any atom is -0.454 e. The fraction of sp³-hybridized carbons (Fsp3) is 0.308. The Hall–Kier alpha value is -3.54. The third-order valence-corrected chi connectivity index (χ3v) is 7.45. The van der Waals surface area contributed by atoms with Crippen LogP contribution in [0.5, 0.6) is 0 Å². The number of Topliss-reactive ketones (excluding diaryl/α,β-unsaturated/α-hetero) is 1. The first kappa shape index (κ1) is 19.2. The summed E-state index contributed by atoms with van der Waals surface area (Å²) in [5.41, 5.74) is 1.21. The number of hydrogen-bond acceptors (Lipinski definition) is 5.